The lowest BCUT2D eigenvalue weighted by Crippen LogP contribution is -2.29. The maximum absolute atomic E-state index is 11.5. The molecule has 2 aromatic rings. The van der Waals surface area contributed by atoms with Crippen LogP contribution in [0.1, 0.15) is 5.56 Å². The van der Waals surface area contributed by atoms with Gasteiger partial charge in [-0.2, -0.15) is 0 Å². The highest BCUT2D eigenvalue weighted by molar-refractivity contribution is 5.31. The van der Waals surface area contributed by atoms with Gasteiger partial charge in [0.25, 0.3) is 5.56 Å². The van der Waals surface area contributed by atoms with Gasteiger partial charge in [0.05, 0.1) is 5.69 Å². The van der Waals surface area contributed by atoms with E-state index in [9.17, 15) is 9.59 Å². The van der Waals surface area contributed by atoms with E-state index < -0.39 is 5.69 Å². The minimum atomic E-state index is -0.420. The number of nitrogens with one attached hydrogen (secondary N) is 1. The molecule has 0 saturated carbocycles. The van der Waals surface area contributed by atoms with Crippen molar-refractivity contribution in [2.45, 2.75) is 6.92 Å². The molecule has 2 rings (SSSR count). The predicted molar refractivity (Wildman–Crippen MR) is 57.4 cm³/mol. The number of aryl methyl sites for hydroxylation is 1. The third-order valence-corrected chi connectivity index (χ3v) is 2.15. The number of aromatic amines is 1. The molecule has 0 saturated heterocycles. The molecule has 0 unspecified atom stereocenters. The van der Waals surface area contributed by atoms with Gasteiger partial charge < -0.3 is 0 Å². The highest BCUT2D eigenvalue weighted by Crippen LogP contribution is 2.02. The minimum Gasteiger partial charge on any atom is -0.273 e. The van der Waals surface area contributed by atoms with Gasteiger partial charge in [-0.3, -0.25) is 14.3 Å². The second kappa shape index (κ2) is 3.57. The zero-order valence-electron chi connectivity index (χ0n) is 8.23. The SMILES string of the molecule is Cc1cn(-c2ccccc2)c(=O)[nH]c1=O. The second-order valence-electron chi connectivity index (χ2n) is 3.28. The first-order valence-corrected chi connectivity index (χ1v) is 4.56. The van der Waals surface area contributed by atoms with Crippen LogP contribution < -0.4 is 11.2 Å². The van der Waals surface area contributed by atoms with Gasteiger partial charge in [0.15, 0.2) is 0 Å². The lowest BCUT2D eigenvalue weighted by molar-refractivity contribution is 0.880. The summed E-state index contributed by atoms with van der Waals surface area (Å²) >= 11 is 0. The maximum Gasteiger partial charge on any atom is 0.332 e. The summed E-state index contributed by atoms with van der Waals surface area (Å²) in [5, 5.41) is 0. The third-order valence-electron chi connectivity index (χ3n) is 2.15. The van der Waals surface area contributed by atoms with E-state index in [0.29, 0.717) is 5.56 Å². The Morgan fingerprint density at radius 2 is 1.80 bits per heavy atom. The molecular formula is C11H10N2O2. The van der Waals surface area contributed by atoms with Crippen LogP contribution in [0.5, 0.6) is 0 Å². The van der Waals surface area contributed by atoms with Gasteiger partial charge in [-0.05, 0) is 19.1 Å². The Hall–Kier alpha value is -2.10. The summed E-state index contributed by atoms with van der Waals surface area (Å²) in [5.41, 5.74) is 0.490. The molecule has 0 amide bonds. The summed E-state index contributed by atoms with van der Waals surface area (Å²) < 4.78 is 1.41. The highest BCUT2D eigenvalue weighted by Gasteiger charge is 2.01. The number of para-hydroxylation sites is 1. The van der Waals surface area contributed by atoms with Crippen molar-refractivity contribution in [1.82, 2.24) is 9.55 Å². The molecule has 4 heteroatoms. The zero-order valence-corrected chi connectivity index (χ0v) is 8.23. The number of nitrogens with zero attached hydrogens (tertiary/aromatic N) is 1. The number of hydrogen-bond donors (Lipinski definition) is 1. The van der Waals surface area contributed by atoms with Gasteiger partial charge in [-0.1, -0.05) is 18.2 Å². The van der Waals surface area contributed by atoms with Crippen LogP contribution in [-0.2, 0) is 0 Å². The summed E-state index contributed by atoms with van der Waals surface area (Å²) in [7, 11) is 0. The molecule has 0 aliphatic carbocycles. The van der Waals surface area contributed by atoms with Gasteiger partial charge in [0.1, 0.15) is 0 Å². The van der Waals surface area contributed by atoms with Crippen LogP contribution in [0.2, 0.25) is 0 Å². The van der Waals surface area contributed by atoms with Gasteiger partial charge in [0, 0.05) is 11.8 Å². The molecule has 0 radical (unpaired) electrons. The van der Waals surface area contributed by atoms with Crippen LogP contribution in [-0.4, -0.2) is 9.55 Å². The van der Waals surface area contributed by atoms with Gasteiger partial charge in [-0.25, -0.2) is 4.79 Å². The van der Waals surface area contributed by atoms with E-state index in [-0.39, 0.29) is 5.56 Å². The number of hydrogen-bond acceptors (Lipinski definition) is 2. The molecule has 0 atom stereocenters. The lowest BCUT2D eigenvalue weighted by atomic mass is 10.3. The molecule has 15 heavy (non-hydrogen) atoms. The maximum atomic E-state index is 11.5. The van der Waals surface area contributed by atoms with Crippen molar-refractivity contribution in [3.63, 3.8) is 0 Å². The van der Waals surface area contributed by atoms with Crippen LogP contribution in [0.3, 0.4) is 0 Å². The summed E-state index contributed by atoms with van der Waals surface area (Å²) in [5.74, 6) is 0. The fourth-order valence-electron chi connectivity index (χ4n) is 1.35. The predicted octanol–water partition coefficient (Wildman–Crippen LogP) is 0.834. The van der Waals surface area contributed by atoms with E-state index in [4.69, 9.17) is 0 Å². The second-order valence-corrected chi connectivity index (χ2v) is 3.28. The standard InChI is InChI=1S/C11H10N2O2/c1-8-7-13(11(15)12-10(8)14)9-5-3-2-4-6-9/h2-7H,1H3,(H,12,14,15). The van der Waals surface area contributed by atoms with Crippen LogP contribution >= 0.6 is 0 Å². The Morgan fingerprint density at radius 3 is 2.47 bits per heavy atom. The van der Waals surface area contributed by atoms with E-state index >= 15 is 0 Å². The van der Waals surface area contributed by atoms with Crippen molar-refractivity contribution in [1.29, 1.82) is 0 Å². The van der Waals surface area contributed by atoms with E-state index in [1.54, 1.807) is 19.1 Å². The van der Waals surface area contributed by atoms with Crippen molar-refractivity contribution >= 4 is 0 Å². The van der Waals surface area contributed by atoms with Crippen molar-refractivity contribution in [3.05, 3.63) is 62.9 Å². The Bertz CT molecular complexity index is 582. The average Bonchev–Trinajstić information content (AvgIpc) is 2.25. The lowest BCUT2D eigenvalue weighted by Gasteiger charge is -2.04. The molecule has 1 N–H and O–H groups in total. The zero-order chi connectivity index (χ0) is 10.8. The third kappa shape index (κ3) is 1.74. The quantitative estimate of drug-likeness (QED) is 0.744. The fraction of sp³-hybridized carbons (Fsp3) is 0.0909. The van der Waals surface area contributed by atoms with Crippen molar-refractivity contribution < 1.29 is 0 Å². The van der Waals surface area contributed by atoms with Crippen molar-refractivity contribution in [3.8, 4) is 5.69 Å². The first kappa shape index (κ1) is 9.45. The molecule has 0 aliphatic heterocycles. The largest absolute Gasteiger partial charge is 0.332 e. The molecule has 0 fully saturated rings. The molecule has 0 bridgehead atoms. The molecule has 1 aromatic heterocycles. The van der Waals surface area contributed by atoms with Crippen LogP contribution in [0.4, 0.5) is 0 Å². The van der Waals surface area contributed by atoms with E-state index in [0.717, 1.165) is 5.69 Å². The molecule has 1 aromatic carbocycles. The smallest absolute Gasteiger partial charge is 0.273 e. The Labute approximate surface area is 85.8 Å². The van der Waals surface area contributed by atoms with Crippen LogP contribution in [0.15, 0.2) is 46.1 Å². The number of benzene rings is 1. The average molecular weight is 202 g/mol. The first-order chi connectivity index (χ1) is 7.18. The van der Waals surface area contributed by atoms with Crippen molar-refractivity contribution in [2.24, 2.45) is 0 Å². The normalized spacial score (nSPS) is 10.2. The summed E-state index contributed by atoms with van der Waals surface area (Å²) in [4.78, 5) is 24.9. The first-order valence-electron chi connectivity index (χ1n) is 4.56. The van der Waals surface area contributed by atoms with E-state index in [2.05, 4.69) is 4.98 Å². The number of rotatable bonds is 1. The molecule has 0 spiro atoms. The fourth-order valence-corrected chi connectivity index (χ4v) is 1.35. The molecule has 76 valence electrons. The van der Waals surface area contributed by atoms with Crippen LogP contribution in [0, 0.1) is 6.92 Å². The Balaban J connectivity index is 2.70. The number of aromatic nitrogens is 2. The summed E-state index contributed by atoms with van der Waals surface area (Å²) in [6.07, 6.45) is 1.54. The molecule has 1 heterocycles. The summed E-state index contributed by atoms with van der Waals surface area (Å²) in [6.45, 7) is 1.66. The monoisotopic (exact) mass is 202 g/mol. The minimum absolute atomic E-state index is 0.341. The van der Waals surface area contributed by atoms with Gasteiger partial charge >= 0.3 is 5.69 Å². The van der Waals surface area contributed by atoms with Gasteiger partial charge in [0.2, 0.25) is 0 Å². The highest BCUT2D eigenvalue weighted by atomic mass is 16.2. The van der Waals surface area contributed by atoms with Crippen LogP contribution in [0.25, 0.3) is 5.69 Å². The number of H-pyrrole nitrogens is 1. The van der Waals surface area contributed by atoms with Crippen molar-refractivity contribution in [2.75, 3.05) is 0 Å². The Kier molecular flexibility index (Phi) is 2.25. The van der Waals surface area contributed by atoms with Gasteiger partial charge in [-0.15, -0.1) is 0 Å². The molecule has 0 aliphatic rings. The molecule has 4 nitrogen and oxygen atoms in total. The van der Waals surface area contributed by atoms with E-state index in [1.807, 2.05) is 18.2 Å². The summed E-state index contributed by atoms with van der Waals surface area (Å²) in [6, 6.07) is 9.15. The Morgan fingerprint density at radius 1 is 1.13 bits per heavy atom. The topological polar surface area (TPSA) is 54.9 Å². The molecular weight excluding hydrogens is 192 g/mol. The van der Waals surface area contributed by atoms with E-state index in [1.165, 1.54) is 10.8 Å².